The Bertz CT molecular complexity index is 541. The number of benzene rings is 1. The molecule has 24 heavy (non-hydrogen) atoms. The number of rotatable bonds is 3. The summed E-state index contributed by atoms with van der Waals surface area (Å²) in [6, 6.07) is 7.43. The lowest BCUT2D eigenvalue weighted by Gasteiger charge is -2.38. The van der Waals surface area contributed by atoms with Gasteiger partial charge in [0.1, 0.15) is 0 Å². The van der Waals surface area contributed by atoms with Crippen LogP contribution >= 0.6 is 0 Å². The van der Waals surface area contributed by atoms with Crippen LogP contribution in [0.2, 0.25) is 0 Å². The van der Waals surface area contributed by atoms with Gasteiger partial charge < -0.3 is 24.6 Å². The predicted molar refractivity (Wildman–Crippen MR) is 90.9 cm³/mol. The first-order valence-corrected chi connectivity index (χ1v) is 8.42. The van der Waals surface area contributed by atoms with Gasteiger partial charge in [-0.3, -0.25) is 4.90 Å². The van der Waals surface area contributed by atoms with Gasteiger partial charge in [0, 0.05) is 45.8 Å². The first-order chi connectivity index (χ1) is 11.6. The maximum absolute atomic E-state index is 12.4. The fourth-order valence-electron chi connectivity index (χ4n) is 3.11. The van der Waals surface area contributed by atoms with Crippen molar-refractivity contribution in [2.75, 3.05) is 52.5 Å². The molecule has 2 amide bonds. The van der Waals surface area contributed by atoms with Crippen LogP contribution in [0.4, 0.5) is 4.79 Å². The summed E-state index contributed by atoms with van der Waals surface area (Å²) in [6.07, 6.45) is 0. The van der Waals surface area contributed by atoms with Gasteiger partial charge in [0.05, 0.1) is 13.2 Å². The molecule has 1 aromatic rings. The minimum atomic E-state index is -1.42. The van der Waals surface area contributed by atoms with Crippen molar-refractivity contribution in [2.45, 2.75) is 6.54 Å². The zero-order chi connectivity index (χ0) is 16.9. The van der Waals surface area contributed by atoms with Crippen LogP contribution in [0, 0.1) is 0 Å². The Balaban J connectivity index is 1.47. The highest BCUT2D eigenvalue weighted by Gasteiger charge is 2.26. The molecular formula is C16H24BN3O4. The molecule has 0 aromatic heterocycles. The highest BCUT2D eigenvalue weighted by atomic mass is 16.5. The van der Waals surface area contributed by atoms with E-state index in [4.69, 9.17) is 14.8 Å². The number of nitrogens with zero attached hydrogens (tertiary/aromatic N) is 3. The van der Waals surface area contributed by atoms with Gasteiger partial charge in [-0.25, -0.2) is 4.79 Å². The zero-order valence-electron chi connectivity index (χ0n) is 13.8. The van der Waals surface area contributed by atoms with Crippen LogP contribution in [0.1, 0.15) is 5.56 Å². The van der Waals surface area contributed by atoms with E-state index < -0.39 is 7.12 Å². The average Bonchev–Trinajstić information content (AvgIpc) is 2.63. The number of carbonyl (C=O) groups excluding carboxylic acids is 1. The van der Waals surface area contributed by atoms with Gasteiger partial charge in [-0.2, -0.15) is 0 Å². The van der Waals surface area contributed by atoms with Gasteiger partial charge in [-0.05, 0) is 11.0 Å². The third kappa shape index (κ3) is 4.27. The summed E-state index contributed by atoms with van der Waals surface area (Å²) < 4.78 is 5.29. The van der Waals surface area contributed by atoms with Crippen molar-refractivity contribution in [3.05, 3.63) is 29.8 Å². The molecule has 0 unspecified atom stereocenters. The second-order valence-corrected chi connectivity index (χ2v) is 6.26. The van der Waals surface area contributed by atoms with E-state index in [1.165, 1.54) is 0 Å². The number of morpholine rings is 1. The molecule has 0 saturated carbocycles. The van der Waals surface area contributed by atoms with Crippen LogP contribution in [0.25, 0.3) is 0 Å². The molecule has 8 heteroatoms. The molecule has 2 N–H and O–H groups in total. The molecule has 2 heterocycles. The fourth-order valence-corrected chi connectivity index (χ4v) is 3.11. The molecule has 7 nitrogen and oxygen atoms in total. The highest BCUT2D eigenvalue weighted by Crippen LogP contribution is 2.11. The lowest BCUT2D eigenvalue weighted by molar-refractivity contribution is 0.0373. The average molecular weight is 333 g/mol. The quantitative estimate of drug-likeness (QED) is 0.690. The van der Waals surface area contributed by atoms with Crippen molar-refractivity contribution in [1.29, 1.82) is 0 Å². The molecule has 3 rings (SSSR count). The van der Waals surface area contributed by atoms with E-state index in [0.717, 1.165) is 38.3 Å². The first kappa shape index (κ1) is 17.2. The largest absolute Gasteiger partial charge is 0.488 e. The highest BCUT2D eigenvalue weighted by molar-refractivity contribution is 6.58. The minimum absolute atomic E-state index is 0.124. The van der Waals surface area contributed by atoms with Gasteiger partial charge in [-0.15, -0.1) is 0 Å². The minimum Gasteiger partial charge on any atom is -0.423 e. The van der Waals surface area contributed by atoms with Crippen molar-refractivity contribution in [3.8, 4) is 0 Å². The summed E-state index contributed by atoms with van der Waals surface area (Å²) in [5.74, 6) is 0. The van der Waals surface area contributed by atoms with Crippen LogP contribution < -0.4 is 5.46 Å². The second kappa shape index (κ2) is 7.98. The maximum Gasteiger partial charge on any atom is 0.488 e. The lowest BCUT2D eigenvalue weighted by atomic mass is 9.80. The summed E-state index contributed by atoms with van der Waals surface area (Å²) in [7, 11) is -1.42. The molecule has 130 valence electrons. The Morgan fingerprint density at radius 1 is 0.958 bits per heavy atom. The normalized spacial score (nSPS) is 19.4. The number of urea groups is 1. The number of hydrogen-bond acceptors (Lipinski definition) is 5. The monoisotopic (exact) mass is 333 g/mol. The van der Waals surface area contributed by atoms with Crippen molar-refractivity contribution in [3.63, 3.8) is 0 Å². The van der Waals surface area contributed by atoms with E-state index in [-0.39, 0.29) is 6.03 Å². The van der Waals surface area contributed by atoms with Crippen molar-refractivity contribution in [1.82, 2.24) is 14.7 Å². The van der Waals surface area contributed by atoms with Gasteiger partial charge in [0.25, 0.3) is 0 Å². The number of piperazine rings is 1. The molecule has 2 fully saturated rings. The Labute approximate surface area is 142 Å². The summed E-state index contributed by atoms with van der Waals surface area (Å²) in [6.45, 7) is 6.61. The summed E-state index contributed by atoms with van der Waals surface area (Å²) in [4.78, 5) is 18.6. The molecule has 0 bridgehead atoms. The van der Waals surface area contributed by atoms with Crippen molar-refractivity contribution < 1.29 is 19.6 Å². The Morgan fingerprint density at radius 3 is 2.12 bits per heavy atom. The molecule has 0 radical (unpaired) electrons. The Morgan fingerprint density at radius 2 is 1.54 bits per heavy atom. The SMILES string of the molecule is O=C(N1CCOCC1)N1CCN(Cc2ccc(B(O)O)cc2)CC1. The second-order valence-electron chi connectivity index (χ2n) is 6.26. The molecular weight excluding hydrogens is 309 g/mol. The van der Waals surface area contributed by atoms with Crippen LogP contribution in [0.15, 0.2) is 24.3 Å². The standard InChI is InChI=1S/C16H24BN3O4/c21-16(20-9-11-24-12-10-20)19-7-5-18(6-8-19)13-14-1-3-15(4-2-14)17(22)23/h1-4,22-23H,5-13H2. The van der Waals surface area contributed by atoms with Gasteiger partial charge in [-0.1, -0.05) is 24.3 Å². The van der Waals surface area contributed by atoms with Crippen LogP contribution in [0.5, 0.6) is 0 Å². The number of hydrogen-bond donors (Lipinski definition) is 2. The zero-order valence-corrected chi connectivity index (χ0v) is 13.8. The topological polar surface area (TPSA) is 76.5 Å². The van der Waals surface area contributed by atoms with E-state index >= 15 is 0 Å². The maximum atomic E-state index is 12.4. The molecule has 0 aliphatic carbocycles. The van der Waals surface area contributed by atoms with E-state index in [1.54, 1.807) is 12.1 Å². The molecule has 0 atom stereocenters. The van der Waals surface area contributed by atoms with Crippen LogP contribution in [0.3, 0.4) is 0 Å². The third-order valence-electron chi connectivity index (χ3n) is 4.61. The van der Waals surface area contributed by atoms with Crippen molar-refractivity contribution in [2.24, 2.45) is 0 Å². The van der Waals surface area contributed by atoms with Crippen molar-refractivity contribution >= 4 is 18.6 Å². The molecule has 0 spiro atoms. The predicted octanol–water partition coefficient (Wildman–Crippen LogP) is -1.06. The Kier molecular flexibility index (Phi) is 5.73. The van der Waals surface area contributed by atoms with Gasteiger partial charge >= 0.3 is 13.1 Å². The summed E-state index contributed by atoms with van der Waals surface area (Å²) >= 11 is 0. The number of amides is 2. The molecule has 2 aliphatic heterocycles. The van der Waals surface area contributed by atoms with Crippen LogP contribution in [-0.2, 0) is 11.3 Å². The molecule has 2 saturated heterocycles. The number of ether oxygens (including phenoxy) is 1. The summed E-state index contributed by atoms with van der Waals surface area (Å²) in [5, 5.41) is 18.2. The van der Waals surface area contributed by atoms with Gasteiger partial charge in [0.15, 0.2) is 0 Å². The van der Waals surface area contributed by atoms with Crippen LogP contribution in [-0.4, -0.2) is 90.4 Å². The van der Waals surface area contributed by atoms with Gasteiger partial charge in [0.2, 0.25) is 0 Å². The smallest absolute Gasteiger partial charge is 0.423 e. The summed E-state index contributed by atoms with van der Waals surface area (Å²) in [5.41, 5.74) is 1.63. The number of carbonyl (C=O) groups is 1. The van der Waals surface area contributed by atoms with E-state index in [9.17, 15) is 4.79 Å². The Hall–Kier alpha value is -1.61. The fraction of sp³-hybridized carbons (Fsp3) is 0.562. The lowest BCUT2D eigenvalue weighted by Crippen LogP contribution is -2.54. The molecule has 1 aromatic carbocycles. The van der Waals surface area contributed by atoms with E-state index in [2.05, 4.69) is 4.90 Å². The van der Waals surface area contributed by atoms with E-state index in [1.807, 2.05) is 21.9 Å². The molecule has 2 aliphatic rings. The first-order valence-electron chi connectivity index (χ1n) is 8.42. The van der Waals surface area contributed by atoms with E-state index in [0.29, 0.717) is 31.8 Å². The third-order valence-corrected chi connectivity index (χ3v) is 4.61.